The standard InChI is InChI=1S/C13H14N2O2/c1-4-5-11-12(14-9(3)16)7-6-10-8(2)15-17-13(10)11/h4-7H,1-3H3,(H,14,16). The fourth-order valence-electron chi connectivity index (χ4n) is 1.78. The normalized spacial score (nSPS) is 11.2. The first-order valence-corrected chi connectivity index (χ1v) is 5.42. The molecular formula is C13H14N2O2. The van der Waals surface area contributed by atoms with Gasteiger partial charge in [-0.3, -0.25) is 4.79 Å². The Bertz CT molecular complexity index is 597. The molecule has 1 aromatic carbocycles. The predicted molar refractivity (Wildman–Crippen MR) is 67.8 cm³/mol. The first-order chi connectivity index (χ1) is 8.13. The van der Waals surface area contributed by atoms with E-state index in [4.69, 9.17) is 4.52 Å². The SMILES string of the molecule is CC=Cc1c(NC(C)=O)ccc2c(C)noc12. The molecule has 0 saturated heterocycles. The third-order valence-electron chi connectivity index (χ3n) is 2.50. The zero-order valence-corrected chi connectivity index (χ0v) is 10.1. The number of rotatable bonds is 2. The van der Waals surface area contributed by atoms with Gasteiger partial charge in [-0.1, -0.05) is 17.3 Å². The molecule has 0 aliphatic carbocycles. The Kier molecular flexibility index (Phi) is 2.95. The summed E-state index contributed by atoms with van der Waals surface area (Å²) in [6.07, 6.45) is 3.80. The number of allylic oxidation sites excluding steroid dienone is 1. The maximum Gasteiger partial charge on any atom is 0.221 e. The van der Waals surface area contributed by atoms with E-state index in [1.54, 1.807) is 0 Å². The minimum atomic E-state index is -0.105. The number of hydrogen-bond donors (Lipinski definition) is 1. The van der Waals surface area contributed by atoms with Gasteiger partial charge in [-0.15, -0.1) is 0 Å². The molecule has 17 heavy (non-hydrogen) atoms. The molecule has 88 valence electrons. The lowest BCUT2D eigenvalue weighted by atomic mass is 10.1. The largest absolute Gasteiger partial charge is 0.355 e. The summed E-state index contributed by atoms with van der Waals surface area (Å²) < 4.78 is 5.30. The van der Waals surface area contributed by atoms with Gasteiger partial charge in [0.05, 0.1) is 11.4 Å². The van der Waals surface area contributed by atoms with Crippen LogP contribution in [0.5, 0.6) is 0 Å². The molecule has 0 aliphatic rings. The van der Waals surface area contributed by atoms with Crippen molar-refractivity contribution in [3.8, 4) is 0 Å². The molecule has 1 amide bonds. The number of aryl methyl sites for hydroxylation is 1. The molecule has 4 nitrogen and oxygen atoms in total. The average molecular weight is 230 g/mol. The fourth-order valence-corrected chi connectivity index (χ4v) is 1.78. The van der Waals surface area contributed by atoms with Gasteiger partial charge in [-0.05, 0) is 26.0 Å². The Balaban J connectivity index is 2.68. The summed E-state index contributed by atoms with van der Waals surface area (Å²) in [5.41, 5.74) is 3.13. The monoisotopic (exact) mass is 230 g/mol. The van der Waals surface area contributed by atoms with Gasteiger partial charge >= 0.3 is 0 Å². The minimum absolute atomic E-state index is 0.105. The van der Waals surface area contributed by atoms with Crippen LogP contribution in [0.15, 0.2) is 22.7 Å². The molecule has 0 aliphatic heterocycles. The highest BCUT2D eigenvalue weighted by atomic mass is 16.5. The zero-order valence-electron chi connectivity index (χ0n) is 10.1. The van der Waals surface area contributed by atoms with Gasteiger partial charge in [0.25, 0.3) is 0 Å². The molecule has 0 radical (unpaired) electrons. The van der Waals surface area contributed by atoms with Crippen LogP contribution >= 0.6 is 0 Å². The number of aromatic nitrogens is 1. The average Bonchev–Trinajstić information content (AvgIpc) is 2.64. The summed E-state index contributed by atoms with van der Waals surface area (Å²) >= 11 is 0. The molecule has 0 atom stereocenters. The van der Waals surface area contributed by atoms with Crippen LogP contribution in [0.2, 0.25) is 0 Å². The molecule has 1 N–H and O–H groups in total. The van der Waals surface area contributed by atoms with Crippen molar-refractivity contribution in [3.05, 3.63) is 29.5 Å². The van der Waals surface area contributed by atoms with Crippen molar-refractivity contribution in [2.75, 3.05) is 5.32 Å². The van der Waals surface area contributed by atoms with E-state index in [1.807, 2.05) is 38.1 Å². The lowest BCUT2D eigenvalue weighted by Crippen LogP contribution is -2.07. The van der Waals surface area contributed by atoms with Gasteiger partial charge in [0.15, 0.2) is 5.58 Å². The summed E-state index contributed by atoms with van der Waals surface area (Å²) in [4.78, 5) is 11.1. The van der Waals surface area contributed by atoms with Gasteiger partial charge in [0.2, 0.25) is 5.91 Å². The highest BCUT2D eigenvalue weighted by molar-refractivity contribution is 5.98. The van der Waals surface area contributed by atoms with E-state index in [0.717, 1.165) is 22.3 Å². The molecule has 0 unspecified atom stereocenters. The van der Waals surface area contributed by atoms with Crippen LogP contribution in [0.4, 0.5) is 5.69 Å². The van der Waals surface area contributed by atoms with Crippen molar-refractivity contribution in [1.82, 2.24) is 5.16 Å². The second-order valence-corrected chi connectivity index (χ2v) is 3.85. The van der Waals surface area contributed by atoms with Crippen molar-refractivity contribution in [2.45, 2.75) is 20.8 Å². The first kappa shape index (κ1) is 11.4. The zero-order chi connectivity index (χ0) is 12.4. The number of carbonyl (C=O) groups excluding carboxylic acids is 1. The van der Waals surface area contributed by atoms with E-state index >= 15 is 0 Å². The van der Waals surface area contributed by atoms with Gasteiger partial charge < -0.3 is 9.84 Å². The molecule has 1 aromatic heterocycles. The van der Waals surface area contributed by atoms with Gasteiger partial charge in [-0.2, -0.15) is 0 Å². The lowest BCUT2D eigenvalue weighted by Gasteiger charge is -2.06. The highest BCUT2D eigenvalue weighted by Gasteiger charge is 2.12. The van der Waals surface area contributed by atoms with Crippen molar-refractivity contribution in [2.24, 2.45) is 0 Å². The summed E-state index contributed by atoms with van der Waals surface area (Å²) in [7, 11) is 0. The molecule has 2 aromatic rings. The smallest absolute Gasteiger partial charge is 0.221 e. The van der Waals surface area contributed by atoms with Crippen molar-refractivity contribution in [1.29, 1.82) is 0 Å². The molecule has 1 heterocycles. The predicted octanol–water partition coefficient (Wildman–Crippen LogP) is 3.13. The summed E-state index contributed by atoms with van der Waals surface area (Å²) in [5.74, 6) is -0.105. The maximum atomic E-state index is 11.1. The second kappa shape index (κ2) is 4.41. The van der Waals surface area contributed by atoms with Gasteiger partial charge in [0, 0.05) is 17.9 Å². The van der Waals surface area contributed by atoms with Crippen LogP contribution in [0.25, 0.3) is 17.0 Å². The topological polar surface area (TPSA) is 55.1 Å². The molecule has 0 saturated carbocycles. The number of anilines is 1. The van der Waals surface area contributed by atoms with E-state index in [1.165, 1.54) is 6.92 Å². The lowest BCUT2D eigenvalue weighted by molar-refractivity contribution is -0.114. The van der Waals surface area contributed by atoms with E-state index in [2.05, 4.69) is 10.5 Å². The Morgan fingerprint density at radius 3 is 2.88 bits per heavy atom. The number of nitrogens with zero attached hydrogens (tertiary/aromatic N) is 1. The summed E-state index contributed by atoms with van der Waals surface area (Å²) in [5, 5.41) is 7.68. The number of amides is 1. The number of nitrogens with one attached hydrogen (secondary N) is 1. The molecule has 0 fully saturated rings. The Morgan fingerprint density at radius 1 is 1.47 bits per heavy atom. The minimum Gasteiger partial charge on any atom is -0.355 e. The van der Waals surface area contributed by atoms with E-state index in [9.17, 15) is 4.79 Å². The van der Waals surface area contributed by atoms with Crippen LogP contribution < -0.4 is 5.32 Å². The van der Waals surface area contributed by atoms with Crippen LogP contribution in [0, 0.1) is 6.92 Å². The first-order valence-electron chi connectivity index (χ1n) is 5.42. The van der Waals surface area contributed by atoms with Crippen molar-refractivity contribution in [3.63, 3.8) is 0 Å². The molecular weight excluding hydrogens is 216 g/mol. The van der Waals surface area contributed by atoms with Crippen LogP contribution in [-0.4, -0.2) is 11.1 Å². The number of benzene rings is 1. The third-order valence-corrected chi connectivity index (χ3v) is 2.50. The molecule has 0 bridgehead atoms. The van der Waals surface area contributed by atoms with E-state index in [0.29, 0.717) is 5.58 Å². The van der Waals surface area contributed by atoms with Gasteiger partial charge in [0.1, 0.15) is 0 Å². The molecule has 0 spiro atoms. The van der Waals surface area contributed by atoms with E-state index < -0.39 is 0 Å². The van der Waals surface area contributed by atoms with Crippen LogP contribution in [0.3, 0.4) is 0 Å². The van der Waals surface area contributed by atoms with Crippen molar-refractivity contribution < 1.29 is 9.32 Å². The third kappa shape index (κ3) is 2.06. The van der Waals surface area contributed by atoms with Crippen LogP contribution in [-0.2, 0) is 4.79 Å². The quantitative estimate of drug-likeness (QED) is 0.862. The van der Waals surface area contributed by atoms with Gasteiger partial charge in [-0.25, -0.2) is 0 Å². The molecule has 4 heteroatoms. The van der Waals surface area contributed by atoms with Crippen molar-refractivity contribution >= 4 is 28.6 Å². The Hall–Kier alpha value is -2.10. The number of carbonyl (C=O) groups is 1. The summed E-state index contributed by atoms with van der Waals surface area (Å²) in [6.45, 7) is 5.29. The maximum absolute atomic E-state index is 11.1. The number of fused-ring (bicyclic) bond motifs is 1. The second-order valence-electron chi connectivity index (χ2n) is 3.85. The fraction of sp³-hybridized carbons (Fsp3) is 0.231. The van der Waals surface area contributed by atoms with Crippen LogP contribution in [0.1, 0.15) is 25.1 Å². The van der Waals surface area contributed by atoms with E-state index in [-0.39, 0.29) is 5.91 Å². The summed E-state index contributed by atoms with van der Waals surface area (Å²) in [6, 6.07) is 3.77. The highest BCUT2D eigenvalue weighted by Crippen LogP contribution is 2.29. The number of hydrogen-bond acceptors (Lipinski definition) is 3. The Labute approximate surface area is 99.3 Å². The molecule has 2 rings (SSSR count). The Morgan fingerprint density at radius 2 is 2.24 bits per heavy atom.